The van der Waals surface area contributed by atoms with Gasteiger partial charge in [-0.1, -0.05) is 30.0 Å². The van der Waals surface area contributed by atoms with E-state index < -0.39 is 11.9 Å². The van der Waals surface area contributed by atoms with Gasteiger partial charge in [0.1, 0.15) is 0 Å². The second kappa shape index (κ2) is 7.43. The van der Waals surface area contributed by atoms with E-state index in [2.05, 4.69) is 15.3 Å². The number of hydrogen-bond acceptors (Lipinski definition) is 4. The average molecular weight is 367 g/mol. The number of amides is 1. The van der Waals surface area contributed by atoms with Crippen LogP contribution >= 0.6 is 11.8 Å². The second-order valence-electron chi connectivity index (χ2n) is 5.69. The minimum atomic E-state index is -4.51. The number of hydrogen-bond donors (Lipinski definition) is 1. The summed E-state index contributed by atoms with van der Waals surface area (Å²) in [5.74, 6) is -0.364. The number of aromatic nitrogens is 2. The highest BCUT2D eigenvalue weighted by Gasteiger charge is 2.38. The summed E-state index contributed by atoms with van der Waals surface area (Å²) < 4.78 is 39.8. The molecule has 0 saturated carbocycles. The quantitative estimate of drug-likeness (QED) is 0.653. The third-order valence-corrected chi connectivity index (χ3v) is 4.67. The number of thioether (sulfide) groups is 1. The van der Waals surface area contributed by atoms with Crippen molar-refractivity contribution in [1.29, 1.82) is 0 Å². The van der Waals surface area contributed by atoms with Crippen molar-refractivity contribution in [2.75, 3.05) is 11.1 Å². The van der Waals surface area contributed by atoms with Crippen LogP contribution in [0.3, 0.4) is 0 Å². The molecule has 3 rings (SSSR count). The van der Waals surface area contributed by atoms with E-state index in [1.54, 1.807) is 24.3 Å². The highest BCUT2D eigenvalue weighted by Crippen LogP contribution is 2.35. The minimum Gasteiger partial charge on any atom is -0.325 e. The number of nitrogens with one attached hydrogen (secondary N) is 1. The van der Waals surface area contributed by atoms with E-state index in [1.165, 1.54) is 0 Å². The first kappa shape index (κ1) is 17.7. The summed E-state index contributed by atoms with van der Waals surface area (Å²) in [6.07, 6.45) is -2.11. The van der Waals surface area contributed by atoms with Crippen LogP contribution in [0.5, 0.6) is 0 Å². The molecule has 0 radical (unpaired) electrons. The van der Waals surface area contributed by atoms with E-state index in [9.17, 15) is 18.0 Å². The normalized spacial score (nSPS) is 14.0. The highest BCUT2D eigenvalue weighted by molar-refractivity contribution is 7.99. The fourth-order valence-corrected chi connectivity index (χ4v) is 3.38. The van der Waals surface area contributed by atoms with Crippen LogP contribution in [0.2, 0.25) is 0 Å². The lowest BCUT2D eigenvalue weighted by molar-refractivity contribution is -0.142. The number of anilines is 1. The van der Waals surface area contributed by atoms with Crippen molar-refractivity contribution < 1.29 is 18.0 Å². The predicted octanol–water partition coefficient (Wildman–Crippen LogP) is 4.11. The number of nitrogens with zero attached hydrogens (tertiary/aromatic N) is 2. The lowest BCUT2D eigenvalue weighted by atomic mass is 9.94. The van der Waals surface area contributed by atoms with Gasteiger partial charge in [0.2, 0.25) is 5.91 Å². The number of halogens is 3. The zero-order valence-corrected chi connectivity index (χ0v) is 14.1. The summed E-state index contributed by atoms with van der Waals surface area (Å²) in [4.78, 5) is 19.9. The van der Waals surface area contributed by atoms with Gasteiger partial charge in [0.05, 0.1) is 5.75 Å². The summed E-state index contributed by atoms with van der Waals surface area (Å²) in [5.41, 5.74) is 0.440. The minimum absolute atomic E-state index is 0.00353. The molecule has 2 aromatic rings. The van der Waals surface area contributed by atoms with Crippen LogP contribution < -0.4 is 5.32 Å². The van der Waals surface area contributed by atoms with E-state index in [0.29, 0.717) is 30.6 Å². The monoisotopic (exact) mass is 367 g/mol. The van der Waals surface area contributed by atoms with Crippen LogP contribution in [0.25, 0.3) is 0 Å². The van der Waals surface area contributed by atoms with Gasteiger partial charge in [0, 0.05) is 16.9 Å². The molecule has 0 spiro atoms. The molecule has 0 saturated heterocycles. The Hall–Kier alpha value is -2.09. The van der Waals surface area contributed by atoms with Crippen LogP contribution in [-0.2, 0) is 23.8 Å². The number of carbonyl (C=O) groups excluding carboxylic acids is 1. The van der Waals surface area contributed by atoms with Gasteiger partial charge in [-0.15, -0.1) is 0 Å². The third-order valence-electron chi connectivity index (χ3n) is 3.82. The molecule has 25 heavy (non-hydrogen) atoms. The summed E-state index contributed by atoms with van der Waals surface area (Å²) >= 11 is 0.917. The molecule has 8 heteroatoms. The molecule has 1 aliphatic rings. The standard InChI is InChI=1S/C17H16F3N3OS/c18-17(19,20)15-12-8-4-5-9-13(12)22-16(23-15)25-10-14(24)21-11-6-2-1-3-7-11/h1-3,6-7H,4-5,8-10H2,(H,21,24). The average Bonchev–Trinajstić information content (AvgIpc) is 2.59. The van der Waals surface area contributed by atoms with Crippen molar-refractivity contribution in [3.8, 4) is 0 Å². The van der Waals surface area contributed by atoms with E-state index >= 15 is 0 Å². The summed E-state index contributed by atoms with van der Waals surface area (Å²) in [7, 11) is 0. The highest BCUT2D eigenvalue weighted by atomic mass is 32.2. The first-order chi connectivity index (χ1) is 11.9. The van der Waals surface area contributed by atoms with Crippen LogP contribution in [-0.4, -0.2) is 21.6 Å². The number of para-hydroxylation sites is 1. The van der Waals surface area contributed by atoms with Crippen molar-refractivity contribution in [1.82, 2.24) is 9.97 Å². The Balaban J connectivity index is 1.73. The lowest BCUT2D eigenvalue weighted by Crippen LogP contribution is -2.20. The number of fused-ring (bicyclic) bond motifs is 1. The Morgan fingerprint density at radius 1 is 1.12 bits per heavy atom. The largest absolute Gasteiger partial charge is 0.433 e. The van der Waals surface area contributed by atoms with Gasteiger partial charge >= 0.3 is 6.18 Å². The fourth-order valence-electron chi connectivity index (χ4n) is 2.72. The van der Waals surface area contributed by atoms with Gasteiger partial charge in [-0.2, -0.15) is 13.2 Å². The van der Waals surface area contributed by atoms with Crippen LogP contribution in [0, 0.1) is 0 Å². The molecule has 4 nitrogen and oxygen atoms in total. The van der Waals surface area contributed by atoms with Gasteiger partial charge in [0.15, 0.2) is 10.9 Å². The molecule has 0 fully saturated rings. The smallest absolute Gasteiger partial charge is 0.325 e. The molecule has 1 amide bonds. The zero-order valence-electron chi connectivity index (χ0n) is 13.3. The van der Waals surface area contributed by atoms with Crippen LogP contribution in [0.4, 0.5) is 18.9 Å². The summed E-state index contributed by atoms with van der Waals surface area (Å²) in [6.45, 7) is 0. The van der Waals surface area contributed by atoms with Gasteiger partial charge in [-0.05, 0) is 37.8 Å². The molecular formula is C17H16F3N3OS. The van der Waals surface area contributed by atoms with E-state index in [4.69, 9.17) is 0 Å². The van der Waals surface area contributed by atoms with Gasteiger partial charge in [0.25, 0.3) is 0 Å². The molecule has 1 N–H and O–H groups in total. The Morgan fingerprint density at radius 2 is 1.84 bits per heavy atom. The van der Waals surface area contributed by atoms with Crippen molar-refractivity contribution in [2.45, 2.75) is 37.0 Å². The first-order valence-electron chi connectivity index (χ1n) is 7.88. The maximum atomic E-state index is 13.3. The molecule has 0 atom stereocenters. The third kappa shape index (κ3) is 4.50. The number of alkyl halides is 3. The molecule has 132 valence electrons. The summed E-state index contributed by atoms with van der Waals surface area (Å²) in [5, 5.41) is 2.68. The van der Waals surface area contributed by atoms with E-state index in [1.807, 2.05) is 6.07 Å². The van der Waals surface area contributed by atoms with Crippen molar-refractivity contribution in [3.63, 3.8) is 0 Å². The van der Waals surface area contributed by atoms with Crippen molar-refractivity contribution in [2.24, 2.45) is 0 Å². The molecular weight excluding hydrogens is 351 g/mol. The molecule has 0 aliphatic heterocycles. The predicted molar refractivity (Wildman–Crippen MR) is 89.5 cm³/mol. The fraction of sp³-hybridized carbons (Fsp3) is 0.353. The molecule has 1 aliphatic carbocycles. The summed E-state index contributed by atoms with van der Waals surface area (Å²) in [6, 6.07) is 8.86. The van der Waals surface area contributed by atoms with Crippen LogP contribution in [0.15, 0.2) is 35.5 Å². The SMILES string of the molecule is O=C(CSc1nc2c(c(C(F)(F)F)n1)CCCC2)Nc1ccccc1. The number of aryl methyl sites for hydroxylation is 1. The van der Waals surface area contributed by atoms with E-state index in [-0.39, 0.29) is 22.4 Å². The maximum absolute atomic E-state index is 13.3. The molecule has 0 bridgehead atoms. The second-order valence-corrected chi connectivity index (χ2v) is 6.63. The Labute approximate surface area is 147 Å². The Kier molecular flexibility index (Phi) is 5.27. The topological polar surface area (TPSA) is 54.9 Å². The number of benzene rings is 1. The van der Waals surface area contributed by atoms with E-state index in [0.717, 1.165) is 18.2 Å². The van der Waals surface area contributed by atoms with Gasteiger partial charge in [-0.3, -0.25) is 4.79 Å². The molecule has 1 heterocycles. The number of carbonyl (C=O) groups is 1. The molecule has 0 unspecified atom stereocenters. The molecule has 1 aromatic heterocycles. The first-order valence-corrected chi connectivity index (χ1v) is 8.87. The van der Waals surface area contributed by atoms with Gasteiger partial charge < -0.3 is 5.32 Å². The molecule has 1 aromatic carbocycles. The van der Waals surface area contributed by atoms with Gasteiger partial charge in [-0.25, -0.2) is 9.97 Å². The number of rotatable bonds is 4. The van der Waals surface area contributed by atoms with Crippen LogP contribution in [0.1, 0.15) is 29.8 Å². The zero-order chi connectivity index (χ0) is 17.9. The Morgan fingerprint density at radius 3 is 2.56 bits per heavy atom. The van der Waals surface area contributed by atoms with Crippen molar-refractivity contribution in [3.05, 3.63) is 47.3 Å². The lowest BCUT2D eigenvalue weighted by Gasteiger charge is -2.20. The Bertz CT molecular complexity index is 766. The maximum Gasteiger partial charge on any atom is 0.433 e. The van der Waals surface area contributed by atoms with Crippen molar-refractivity contribution >= 4 is 23.4 Å².